The van der Waals surface area contributed by atoms with Crippen molar-refractivity contribution in [3.8, 4) is 5.75 Å². The zero-order valence-electron chi connectivity index (χ0n) is 11.2. The van der Waals surface area contributed by atoms with Gasteiger partial charge in [0, 0.05) is 32.1 Å². The lowest BCUT2D eigenvalue weighted by atomic mass is 9.85. The summed E-state index contributed by atoms with van der Waals surface area (Å²) in [7, 11) is 0. The summed E-state index contributed by atoms with van der Waals surface area (Å²) in [6.07, 6.45) is -0.223. The number of hydrogen-bond acceptors (Lipinski definition) is 2. The van der Waals surface area contributed by atoms with Crippen molar-refractivity contribution in [1.29, 1.82) is 0 Å². The third kappa shape index (κ3) is 2.80. The van der Waals surface area contributed by atoms with Crippen LogP contribution in [-0.2, 0) is 5.60 Å². The van der Waals surface area contributed by atoms with Crippen LogP contribution in [0.3, 0.4) is 0 Å². The number of aliphatic hydroxyl groups excluding tert-OH is 1. The molecule has 1 aliphatic heterocycles. The number of ether oxygens (including phenoxy) is 1. The van der Waals surface area contributed by atoms with Crippen LogP contribution in [-0.4, -0.2) is 5.11 Å². The lowest BCUT2D eigenvalue weighted by Crippen LogP contribution is -2.35. The second kappa shape index (κ2) is 5.47. The van der Waals surface area contributed by atoms with E-state index in [-0.39, 0.29) is 0 Å². The van der Waals surface area contributed by atoms with Gasteiger partial charge >= 0.3 is 0 Å². The van der Waals surface area contributed by atoms with Crippen LogP contribution in [0.15, 0.2) is 40.9 Å². The van der Waals surface area contributed by atoms with Crippen LogP contribution in [0.4, 0.5) is 0 Å². The van der Waals surface area contributed by atoms with E-state index in [9.17, 15) is 5.11 Å². The molecule has 2 atom stereocenters. The zero-order chi connectivity index (χ0) is 15.2. The molecular formula is C16H13BrCl2O2. The van der Waals surface area contributed by atoms with Crippen LogP contribution < -0.4 is 4.74 Å². The van der Waals surface area contributed by atoms with Gasteiger partial charge in [-0.15, -0.1) is 0 Å². The van der Waals surface area contributed by atoms with Crippen LogP contribution in [0.1, 0.15) is 30.6 Å². The van der Waals surface area contributed by atoms with E-state index in [0.29, 0.717) is 27.8 Å². The van der Waals surface area contributed by atoms with E-state index in [1.165, 1.54) is 0 Å². The summed E-state index contributed by atoms with van der Waals surface area (Å²) < 4.78 is 7.04. The van der Waals surface area contributed by atoms with E-state index in [1.54, 1.807) is 18.2 Å². The molecule has 1 unspecified atom stereocenters. The van der Waals surface area contributed by atoms with Gasteiger partial charge in [-0.25, -0.2) is 0 Å². The van der Waals surface area contributed by atoms with Gasteiger partial charge in [-0.05, 0) is 37.3 Å². The summed E-state index contributed by atoms with van der Waals surface area (Å²) >= 11 is 15.7. The molecule has 110 valence electrons. The minimum atomic E-state index is -0.683. The molecule has 2 aromatic rings. The Labute approximate surface area is 141 Å². The van der Waals surface area contributed by atoms with E-state index in [4.69, 9.17) is 27.9 Å². The monoisotopic (exact) mass is 386 g/mol. The Morgan fingerprint density at radius 1 is 1.24 bits per heavy atom. The molecule has 0 amide bonds. The maximum absolute atomic E-state index is 10.4. The third-order valence-electron chi connectivity index (χ3n) is 3.75. The van der Waals surface area contributed by atoms with Gasteiger partial charge in [-0.3, -0.25) is 0 Å². The van der Waals surface area contributed by atoms with Gasteiger partial charge in [0.05, 0.1) is 6.10 Å². The Morgan fingerprint density at radius 3 is 2.71 bits per heavy atom. The highest BCUT2D eigenvalue weighted by Crippen LogP contribution is 2.47. The topological polar surface area (TPSA) is 29.5 Å². The molecule has 0 spiro atoms. The van der Waals surface area contributed by atoms with Crippen molar-refractivity contribution < 1.29 is 9.84 Å². The highest BCUT2D eigenvalue weighted by molar-refractivity contribution is 9.10. The van der Waals surface area contributed by atoms with Gasteiger partial charge in [0.15, 0.2) is 0 Å². The second-order valence-corrected chi connectivity index (χ2v) is 7.12. The first kappa shape index (κ1) is 15.2. The molecule has 21 heavy (non-hydrogen) atoms. The van der Waals surface area contributed by atoms with Crippen LogP contribution in [0.5, 0.6) is 5.75 Å². The van der Waals surface area contributed by atoms with Crippen molar-refractivity contribution in [3.63, 3.8) is 0 Å². The number of benzene rings is 2. The van der Waals surface area contributed by atoms with Gasteiger partial charge in [0.2, 0.25) is 0 Å². The summed E-state index contributed by atoms with van der Waals surface area (Å²) in [5.41, 5.74) is 0.887. The Kier molecular flexibility index (Phi) is 3.95. The Hall–Kier alpha value is -0.740. The van der Waals surface area contributed by atoms with E-state index < -0.39 is 11.7 Å². The Bertz CT molecular complexity index is 705. The van der Waals surface area contributed by atoms with Crippen molar-refractivity contribution >= 4 is 39.1 Å². The van der Waals surface area contributed by atoms with Gasteiger partial charge in [-0.2, -0.15) is 0 Å². The predicted octanol–water partition coefficient (Wildman–Crippen LogP) is 5.49. The molecular weight excluding hydrogens is 375 g/mol. The highest BCUT2D eigenvalue weighted by atomic mass is 79.9. The van der Waals surface area contributed by atoms with E-state index in [1.807, 2.05) is 25.1 Å². The average Bonchev–Trinajstić information content (AvgIpc) is 2.39. The molecule has 3 rings (SSSR count). The van der Waals surface area contributed by atoms with Gasteiger partial charge < -0.3 is 9.84 Å². The lowest BCUT2D eigenvalue weighted by molar-refractivity contribution is -0.00477. The van der Waals surface area contributed by atoms with Crippen LogP contribution in [0.25, 0.3) is 0 Å². The highest BCUT2D eigenvalue weighted by Gasteiger charge is 2.39. The van der Waals surface area contributed by atoms with Gasteiger partial charge in [0.25, 0.3) is 0 Å². The first-order valence-corrected chi connectivity index (χ1v) is 8.06. The molecule has 0 aliphatic carbocycles. The van der Waals surface area contributed by atoms with Crippen molar-refractivity contribution in [3.05, 3.63) is 62.0 Å². The minimum absolute atomic E-state index is 0.418. The fraction of sp³-hybridized carbons (Fsp3) is 0.250. The molecule has 0 saturated carbocycles. The molecule has 2 aromatic carbocycles. The fourth-order valence-electron chi connectivity index (χ4n) is 2.72. The molecule has 0 fully saturated rings. The molecule has 0 aromatic heterocycles. The van der Waals surface area contributed by atoms with Crippen molar-refractivity contribution in [2.75, 3.05) is 0 Å². The fourth-order valence-corrected chi connectivity index (χ4v) is 3.77. The van der Waals surface area contributed by atoms with Crippen molar-refractivity contribution in [1.82, 2.24) is 0 Å². The Morgan fingerprint density at radius 2 is 2.00 bits per heavy atom. The standard InChI is InChI=1S/C16H13BrCl2O2/c1-16(12-4-2-9(17)6-13(12)19)8-14(20)11-7-10(18)3-5-15(11)21-16/h2-7,14,20H,8H2,1H3/t14-,16?/m0/s1. The van der Waals surface area contributed by atoms with Gasteiger partial charge in [-0.1, -0.05) is 45.2 Å². The number of aliphatic hydroxyl groups is 1. The molecule has 1 heterocycles. The molecule has 0 radical (unpaired) electrons. The summed E-state index contributed by atoms with van der Waals surface area (Å²) in [6, 6.07) is 10.9. The Balaban J connectivity index is 2.06. The molecule has 1 aliphatic rings. The summed E-state index contributed by atoms with van der Waals surface area (Å²) in [6.45, 7) is 1.93. The second-order valence-electron chi connectivity index (χ2n) is 5.36. The maximum Gasteiger partial charge on any atom is 0.135 e. The summed E-state index contributed by atoms with van der Waals surface area (Å²) in [5.74, 6) is 0.639. The number of fused-ring (bicyclic) bond motifs is 1. The number of hydrogen-bond donors (Lipinski definition) is 1. The molecule has 2 nitrogen and oxygen atoms in total. The molecule has 5 heteroatoms. The minimum Gasteiger partial charge on any atom is -0.482 e. The number of halogens is 3. The first-order valence-electron chi connectivity index (χ1n) is 6.51. The lowest BCUT2D eigenvalue weighted by Gasteiger charge is -2.39. The summed E-state index contributed by atoms with van der Waals surface area (Å²) in [5, 5.41) is 11.6. The first-order chi connectivity index (χ1) is 9.89. The van der Waals surface area contributed by atoms with Gasteiger partial charge in [0.1, 0.15) is 11.4 Å². The van der Waals surface area contributed by atoms with Crippen LogP contribution >= 0.6 is 39.1 Å². The summed E-state index contributed by atoms with van der Waals surface area (Å²) in [4.78, 5) is 0. The predicted molar refractivity (Wildman–Crippen MR) is 88.2 cm³/mol. The van der Waals surface area contributed by atoms with E-state index in [0.717, 1.165) is 10.0 Å². The number of rotatable bonds is 1. The largest absolute Gasteiger partial charge is 0.482 e. The van der Waals surface area contributed by atoms with Crippen molar-refractivity contribution in [2.45, 2.75) is 25.0 Å². The molecule has 0 saturated heterocycles. The quantitative estimate of drug-likeness (QED) is 0.701. The zero-order valence-corrected chi connectivity index (χ0v) is 14.3. The maximum atomic E-state index is 10.4. The van der Waals surface area contributed by atoms with Crippen LogP contribution in [0.2, 0.25) is 10.0 Å². The van der Waals surface area contributed by atoms with E-state index in [2.05, 4.69) is 15.9 Å². The van der Waals surface area contributed by atoms with Crippen LogP contribution in [0, 0.1) is 0 Å². The molecule has 1 N–H and O–H groups in total. The smallest absolute Gasteiger partial charge is 0.135 e. The van der Waals surface area contributed by atoms with E-state index >= 15 is 0 Å². The normalized spacial score (nSPS) is 24.3. The third-order valence-corrected chi connectivity index (χ3v) is 4.79. The molecule has 0 bridgehead atoms. The van der Waals surface area contributed by atoms with Crippen molar-refractivity contribution in [2.24, 2.45) is 0 Å². The SMILES string of the molecule is CC1(c2ccc(Br)cc2Cl)C[C@H](O)c2cc(Cl)ccc2O1. The average molecular weight is 388 g/mol.